The summed E-state index contributed by atoms with van der Waals surface area (Å²) < 4.78 is 15.0. The number of hydrogen-bond donors (Lipinski definition) is 3. The SMILES string of the molecule is Cc1ccc(NC(=O)N2CCC(C3(C(O)c4c(F)c(Cl)cc5cn[nH]c45)CC3)CC2)cc1. The van der Waals surface area contributed by atoms with Crippen molar-refractivity contribution in [3.05, 3.63) is 58.5 Å². The molecule has 0 radical (unpaired) electrons. The molecule has 1 saturated heterocycles. The minimum absolute atomic E-state index is 0.00801. The molecule has 3 N–H and O–H groups in total. The van der Waals surface area contributed by atoms with E-state index in [1.807, 2.05) is 36.1 Å². The van der Waals surface area contributed by atoms with Crippen molar-refractivity contribution >= 4 is 34.2 Å². The number of hydrogen-bond acceptors (Lipinski definition) is 3. The van der Waals surface area contributed by atoms with Gasteiger partial charge >= 0.3 is 6.03 Å². The summed E-state index contributed by atoms with van der Waals surface area (Å²) in [4.78, 5) is 14.5. The van der Waals surface area contributed by atoms with Crippen molar-refractivity contribution in [2.75, 3.05) is 18.4 Å². The molecule has 3 aromatic rings. The quantitative estimate of drug-likeness (QED) is 0.490. The number of urea groups is 1. The second-order valence-electron chi connectivity index (χ2n) is 9.11. The van der Waals surface area contributed by atoms with Gasteiger partial charge in [-0.05, 0) is 56.7 Å². The van der Waals surface area contributed by atoms with E-state index in [4.69, 9.17) is 11.6 Å². The predicted octanol–water partition coefficient (Wildman–Crippen LogP) is 5.42. The maximum atomic E-state index is 15.0. The summed E-state index contributed by atoms with van der Waals surface area (Å²) in [5, 5.41) is 21.8. The number of carbonyl (C=O) groups excluding carboxylic acids is 1. The van der Waals surface area contributed by atoms with Crippen LogP contribution in [0.5, 0.6) is 0 Å². The average molecular weight is 457 g/mol. The van der Waals surface area contributed by atoms with Crippen LogP contribution in [-0.2, 0) is 0 Å². The van der Waals surface area contributed by atoms with Crippen molar-refractivity contribution in [1.82, 2.24) is 15.1 Å². The minimum atomic E-state index is -0.970. The lowest BCUT2D eigenvalue weighted by Gasteiger charge is -2.38. The molecule has 2 amide bonds. The fraction of sp³-hybridized carbons (Fsp3) is 0.417. The van der Waals surface area contributed by atoms with Crippen LogP contribution < -0.4 is 5.32 Å². The standard InChI is InChI=1S/C24H26ClFN4O2/c1-14-2-4-17(5-3-14)28-23(32)30-10-6-16(7-11-30)24(8-9-24)22(31)19-20(26)18(25)12-15-13-27-29-21(15)19/h2-5,12-13,16,22,31H,6-11H2,1H3,(H,27,29)(H,28,32). The normalized spacial score (nSPS) is 19.2. The van der Waals surface area contributed by atoms with Gasteiger partial charge in [0.15, 0.2) is 0 Å². The van der Waals surface area contributed by atoms with E-state index >= 15 is 0 Å². The molecule has 8 heteroatoms. The lowest BCUT2D eigenvalue weighted by atomic mass is 9.75. The van der Waals surface area contributed by atoms with Gasteiger partial charge in [0.1, 0.15) is 5.82 Å². The Bertz CT molecular complexity index is 1150. The zero-order valence-electron chi connectivity index (χ0n) is 17.9. The molecule has 2 aromatic carbocycles. The van der Waals surface area contributed by atoms with Crippen LogP contribution in [0.3, 0.4) is 0 Å². The number of aromatic nitrogens is 2. The summed E-state index contributed by atoms with van der Waals surface area (Å²) in [6.45, 7) is 3.22. The second-order valence-corrected chi connectivity index (χ2v) is 9.52. The molecule has 2 aliphatic rings. The van der Waals surface area contributed by atoms with Gasteiger partial charge in [-0.1, -0.05) is 29.3 Å². The third kappa shape index (κ3) is 3.63. The highest BCUT2D eigenvalue weighted by molar-refractivity contribution is 6.31. The molecular formula is C24H26ClFN4O2. The smallest absolute Gasteiger partial charge is 0.321 e. The van der Waals surface area contributed by atoms with Gasteiger partial charge in [-0.3, -0.25) is 5.10 Å². The molecule has 2 heterocycles. The topological polar surface area (TPSA) is 81.2 Å². The first kappa shape index (κ1) is 21.2. The number of aliphatic hydroxyl groups is 1. The molecule has 1 aliphatic heterocycles. The van der Waals surface area contributed by atoms with Crippen LogP contribution >= 0.6 is 11.6 Å². The molecule has 1 atom stereocenters. The lowest BCUT2D eigenvalue weighted by Crippen LogP contribution is -2.43. The van der Waals surface area contributed by atoms with Crippen molar-refractivity contribution in [3.63, 3.8) is 0 Å². The number of piperidine rings is 1. The first-order valence-electron chi connectivity index (χ1n) is 11.0. The number of halogens is 2. The van der Waals surface area contributed by atoms with Crippen molar-refractivity contribution < 1.29 is 14.3 Å². The number of likely N-dealkylation sites (tertiary alicyclic amines) is 1. The Balaban J connectivity index is 1.29. The number of rotatable bonds is 4. The molecule has 1 saturated carbocycles. The summed E-state index contributed by atoms with van der Waals surface area (Å²) in [5.74, 6) is -0.380. The Hall–Kier alpha value is -2.64. The van der Waals surface area contributed by atoms with Crippen LogP contribution in [0.15, 0.2) is 36.5 Å². The molecule has 0 spiro atoms. The van der Waals surface area contributed by atoms with Gasteiger partial charge in [0.2, 0.25) is 0 Å². The number of H-pyrrole nitrogens is 1. The first-order valence-corrected chi connectivity index (χ1v) is 11.4. The summed E-state index contributed by atoms with van der Waals surface area (Å²) in [6.07, 6.45) is 3.81. The highest BCUT2D eigenvalue weighted by Crippen LogP contribution is 2.63. The third-order valence-electron chi connectivity index (χ3n) is 7.21. The van der Waals surface area contributed by atoms with Gasteiger partial charge < -0.3 is 15.3 Å². The number of fused-ring (bicyclic) bond motifs is 1. The van der Waals surface area contributed by atoms with Crippen LogP contribution in [0.1, 0.15) is 42.9 Å². The summed E-state index contributed by atoms with van der Waals surface area (Å²) in [6, 6.07) is 9.13. The van der Waals surface area contributed by atoms with E-state index < -0.39 is 11.9 Å². The number of nitrogens with zero attached hydrogens (tertiary/aromatic N) is 2. The average Bonchev–Trinajstić information content (AvgIpc) is 3.49. The van der Waals surface area contributed by atoms with Crippen LogP contribution in [0.25, 0.3) is 10.9 Å². The van der Waals surface area contributed by atoms with E-state index in [0.717, 1.165) is 36.9 Å². The van der Waals surface area contributed by atoms with E-state index in [9.17, 15) is 14.3 Å². The molecule has 1 unspecified atom stereocenters. The van der Waals surface area contributed by atoms with E-state index in [0.29, 0.717) is 24.0 Å². The highest BCUT2D eigenvalue weighted by atomic mass is 35.5. The molecule has 2 fully saturated rings. The first-order chi connectivity index (χ1) is 15.4. The highest BCUT2D eigenvalue weighted by Gasteiger charge is 2.56. The summed E-state index contributed by atoms with van der Waals surface area (Å²) >= 11 is 6.10. The van der Waals surface area contributed by atoms with Gasteiger partial charge in [0, 0.05) is 35.1 Å². The molecule has 0 bridgehead atoms. The van der Waals surface area contributed by atoms with E-state index in [-0.39, 0.29) is 28.0 Å². The zero-order valence-corrected chi connectivity index (χ0v) is 18.6. The van der Waals surface area contributed by atoms with Gasteiger partial charge in [0.25, 0.3) is 0 Å². The Labute approximate surface area is 190 Å². The number of anilines is 1. The van der Waals surface area contributed by atoms with E-state index in [1.54, 1.807) is 6.20 Å². The third-order valence-corrected chi connectivity index (χ3v) is 7.48. The number of aryl methyl sites for hydroxylation is 1. The Morgan fingerprint density at radius 3 is 2.66 bits per heavy atom. The fourth-order valence-electron chi connectivity index (χ4n) is 5.15. The van der Waals surface area contributed by atoms with Gasteiger partial charge in [-0.2, -0.15) is 5.10 Å². The second kappa shape index (κ2) is 8.05. The number of benzene rings is 2. The van der Waals surface area contributed by atoms with Crippen molar-refractivity contribution in [2.45, 2.75) is 38.7 Å². The van der Waals surface area contributed by atoms with E-state index in [2.05, 4.69) is 15.5 Å². The molecule has 32 heavy (non-hydrogen) atoms. The number of nitrogens with one attached hydrogen (secondary N) is 2. The number of amides is 2. The van der Waals surface area contributed by atoms with Gasteiger partial charge in [-0.15, -0.1) is 0 Å². The minimum Gasteiger partial charge on any atom is -0.388 e. The Morgan fingerprint density at radius 2 is 2.00 bits per heavy atom. The zero-order chi connectivity index (χ0) is 22.5. The van der Waals surface area contributed by atoms with Crippen molar-refractivity contribution in [3.8, 4) is 0 Å². The maximum Gasteiger partial charge on any atom is 0.321 e. The van der Waals surface area contributed by atoms with Gasteiger partial charge in [0.05, 0.1) is 22.8 Å². The molecule has 168 valence electrons. The van der Waals surface area contributed by atoms with Gasteiger partial charge in [-0.25, -0.2) is 9.18 Å². The monoisotopic (exact) mass is 456 g/mol. The lowest BCUT2D eigenvalue weighted by molar-refractivity contribution is 0.0293. The van der Waals surface area contributed by atoms with Crippen LogP contribution in [-0.4, -0.2) is 39.3 Å². The molecule has 1 aliphatic carbocycles. The largest absolute Gasteiger partial charge is 0.388 e. The maximum absolute atomic E-state index is 15.0. The molecule has 5 rings (SSSR count). The molecular weight excluding hydrogens is 431 g/mol. The summed E-state index contributed by atoms with van der Waals surface area (Å²) in [5.41, 5.74) is 2.24. The molecule has 6 nitrogen and oxygen atoms in total. The van der Waals surface area contributed by atoms with Crippen LogP contribution in [0.4, 0.5) is 14.9 Å². The number of aliphatic hydroxyl groups excluding tert-OH is 1. The Morgan fingerprint density at radius 1 is 1.31 bits per heavy atom. The number of carbonyl (C=O) groups is 1. The number of aromatic amines is 1. The predicted molar refractivity (Wildman–Crippen MR) is 122 cm³/mol. The van der Waals surface area contributed by atoms with Crippen LogP contribution in [0, 0.1) is 24.1 Å². The summed E-state index contributed by atoms with van der Waals surface area (Å²) in [7, 11) is 0. The van der Waals surface area contributed by atoms with Crippen molar-refractivity contribution in [1.29, 1.82) is 0 Å². The van der Waals surface area contributed by atoms with Crippen molar-refractivity contribution in [2.24, 2.45) is 11.3 Å². The fourth-order valence-corrected chi connectivity index (χ4v) is 5.37. The Kier molecular flexibility index (Phi) is 5.34. The van der Waals surface area contributed by atoms with Crippen LogP contribution in [0.2, 0.25) is 5.02 Å². The van der Waals surface area contributed by atoms with E-state index in [1.165, 1.54) is 6.07 Å². The molecule has 1 aromatic heterocycles.